The number of hydrogen-bond donors (Lipinski definition) is 1. The first-order valence-electron chi connectivity index (χ1n) is 7.97. The van der Waals surface area contributed by atoms with Crippen LogP contribution in [0.3, 0.4) is 0 Å². The van der Waals surface area contributed by atoms with Crippen LogP contribution < -0.4 is 5.32 Å². The van der Waals surface area contributed by atoms with E-state index in [1.165, 1.54) is 30.5 Å². The number of piperazine rings is 1. The maximum absolute atomic E-state index is 4.20. The first-order chi connectivity index (χ1) is 9.60. The van der Waals surface area contributed by atoms with Crippen molar-refractivity contribution in [3.8, 4) is 0 Å². The van der Waals surface area contributed by atoms with Crippen LogP contribution in [0.4, 0.5) is 0 Å². The van der Waals surface area contributed by atoms with Crippen LogP contribution in [0.25, 0.3) is 0 Å². The van der Waals surface area contributed by atoms with E-state index in [4.69, 9.17) is 0 Å². The molecule has 1 aromatic heterocycles. The van der Waals surface area contributed by atoms with Crippen LogP contribution >= 0.6 is 0 Å². The van der Waals surface area contributed by atoms with E-state index in [1.807, 2.05) is 12.4 Å². The molecule has 0 bridgehead atoms. The Bertz CT molecular complexity index is 416. The molecule has 2 unspecified atom stereocenters. The van der Waals surface area contributed by atoms with Gasteiger partial charge in [-0.15, -0.1) is 0 Å². The third-order valence-corrected chi connectivity index (χ3v) is 4.35. The van der Waals surface area contributed by atoms with Gasteiger partial charge in [0.25, 0.3) is 0 Å². The van der Waals surface area contributed by atoms with Gasteiger partial charge in [-0.25, -0.2) is 0 Å². The van der Waals surface area contributed by atoms with Gasteiger partial charge >= 0.3 is 0 Å². The van der Waals surface area contributed by atoms with Crippen molar-refractivity contribution in [1.82, 2.24) is 15.2 Å². The lowest BCUT2D eigenvalue weighted by atomic mass is 9.98. The highest BCUT2D eigenvalue weighted by Crippen LogP contribution is 2.19. The van der Waals surface area contributed by atoms with Crippen LogP contribution in [-0.4, -0.2) is 35.1 Å². The average Bonchev–Trinajstić information content (AvgIpc) is 2.41. The normalized spacial score (nSPS) is 24.2. The average molecular weight is 275 g/mol. The van der Waals surface area contributed by atoms with Gasteiger partial charge < -0.3 is 5.32 Å². The number of pyridine rings is 1. The molecule has 3 nitrogen and oxygen atoms in total. The Labute approximate surface area is 123 Å². The van der Waals surface area contributed by atoms with Gasteiger partial charge in [0.15, 0.2) is 0 Å². The second-order valence-electron chi connectivity index (χ2n) is 6.53. The third kappa shape index (κ3) is 4.03. The van der Waals surface area contributed by atoms with Crippen LogP contribution in [0.1, 0.15) is 44.7 Å². The molecule has 0 aromatic carbocycles. The van der Waals surface area contributed by atoms with E-state index in [1.54, 1.807) is 0 Å². The summed E-state index contributed by atoms with van der Waals surface area (Å²) in [6.45, 7) is 12.4. The first-order valence-corrected chi connectivity index (χ1v) is 7.97. The number of nitrogens with zero attached hydrogens (tertiary/aromatic N) is 2. The van der Waals surface area contributed by atoms with Crippen molar-refractivity contribution in [3.63, 3.8) is 0 Å². The fraction of sp³-hybridized carbons (Fsp3) is 0.706. The minimum atomic E-state index is 0.639. The SMILES string of the molecule is CCC1CNC(CC(C)C)CN1Cc1ccncc1C. The lowest BCUT2D eigenvalue weighted by Gasteiger charge is -2.41. The minimum Gasteiger partial charge on any atom is -0.311 e. The largest absolute Gasteiger partial charge is 0.311 e. The van der Waals surface area contributed by atoms with Crippen LogP contribution in [0.2, 0.25) is 0 Å². The summed E-state index contributed by atoms with van der Waals surface area (Å²) < 4.78 is 0. The molecular formula is C17H29N3. The molecule has 0 spiro atoms. The lowest BCUT2D eigenvalue weighted by Crippen LogP contribution is -2.56. The smallest absolute Gasteiger partial charge is 0.0300 e. The van der Waals surface area contributed by atoms with Gasteiger partial charge in [-0.2, -0.15) is 0 Å². The molecule has 2 atom stereocenters. The molecule has 112 valence electrons. The Hall–Kier alpha value is -0.930. The van der Waals surface area contributed by atoms with Crippen LogP contribution in [0.5, 0.6) is 0 Å². The summed E-state index contributed by atoms with van der Waals surface area (Å²) in [6.07, 6.45) is 6.37. The molecular weight excluding hydrogens is 246 g/mol. The molecule has 1 N–H and O–H groups in total. The maximum atomic E-state index is 4.20. The van der Waals surface area contributed by atoms with E-state index >= 15 is 0 Å². The summed E-state index contributed by atoms with van der Waals surface area (Å²) in [4.78, 5) is 6.86. The van der Waals surface area contributed by atoms with Crippen LogP contribution in [-0.2, 0) is 6.54 Å². The molecule has 0 aliphatic carbocycles. The highest BCUT2D eigenvalue weighted by molar-refractivity contribution is 5.21. The number of nitrogens with one attached hydrogen (secondary N) is 1. The molecule has 1 aliphatic heterocycles. The summed E-state index contributed by atoms with van der Waals surface area (Å²) in [5, 5.41) is 3.73. The van der Waals surface area contributed by atoms with E-state index in [9.17, 15) is 0 Å². The minimum absolute atomic E-state index is 0.639. The number of aryl methyl sites for hydroxylation is 1. The Balaban J connectivity index is 2.03. The molecule has 1 saturated heterocycles. The molecule has 1 aliphatic rings. The van der Waals surface area contributed by atoms with Gasteiger partial charge in [-0.3, -0.25) is 9.88 Å². The molecule has 0 radical (unpaired) electrons. The van der Waals surface area contributed by atoms with E-state index < -0.39 is 0 Å². The standard InChI is InChI=1S/C17H29N3/c1-5-17-10-19-16(8-13(2)3)12-20(17)11-15-6-7-18-9-14(15)4/h6-7,9,13,16-17,19H,5,8,10-12H2,1-4H3. The lowest BCUT2D eigenvalue weighted by molar-refractivity contribution is 0.111. The third-order valence-electron chi connectivity index (χ3n) is 4.35. The predicted octanol–water partition coefficient (Wildman–Crippen LogP) is 2.99. The first kappa shape index (κ1) is 15.5. The summed E-state index contributed by atoms with van der Waals surface area (Å²) in [5.74, 6) is 0.759. The Morgan fingerprint density at radius 1 is 1.45 bits per heavy atom. The van der Waals surface area contributed by atoms with Crippen molar-refractivity contribution in [2.45, 2.75) is 59.2 Å². The zero-order chi connectivity index (χ0) is 14.5. The van der Waals surface area contributed by atoms with Gasteiger partial charge in [-0.1, -0.05) is 20.8 Å². The molecule has 3 heteroatoms. The second kappa shape index (κ2) is 7.19. The fourth-order valence-electron chi connectivity index (χ4n) is 3.15. The van der Waals surface area contributed by atoms with Gasteiger partial charge in [-0.05, 0) is 42.9 Å². The second-order valence-corrected chi connectivity index (χ2v) is 6.53. The number of aromatic nitrogens is 1. The molecule has 0 amide bonds. The molecule has 20 heavy (non-hydrogen) atoms. The topological polar surface area (TPSA) is 28.2 Å². The Kier molecular flexibility index (Phi) is 5.55. The molecule has 0 saturated carbocycles. The van der Waals surface area contributed by atoms with Gasteiger partial charge in [0.1, 0.15) is 0 Å². The highest BCUT2D eigenvalue weighted by Gasteiger charge is 2.27. The molecule has 1 fully saturated rings. The molecule has 2 rings (SSSR count). The monoisotopic (exact) mass is 275 g/mol. The van der Waals surface area contributed by atoms with E-state index in [2.05, 4.69) is 49.0 Å². The van der Waals surface area contributed by atoms with E-state index in [-0.39, 0.29) is 0 Å². The number of hydrogen-bond acceptors (Lipinski definition) is 3. The highest BCUT2D eigenvalue weighted by atomic mass is 15.2. The van der Waals surface area contributed by atoms with Crippen molar-refractivity contribution in [2.75, 3.05) is 13.1 Å². The van der Waals surface area contributed by atoms with Gasteiger partial charge in [0, 0.05) is 44.1 Å². The number of rotatable bonds is 5. The molecule has 1 aromatic rings. The maximum Gasteiger partial charge on any atom is 0.0300 e. The Morgan fingerprint density at radius 3 is 2.90 bits per heavy atom. The zero-order valence-corrected chi connectivity index (χ0v) is 13.4. The van der Waals surface area contributed by atoms with Crippen molar-refractivity contribution < 1.29 is 0 Å². The fourth-order valence-corrected chi connectivity index (χ4v) is 3.15. The molecule has 2 heterocycles. The van der Waals surface area contributed by atoms with Crippen molar-refractivity contribution >= 4 is 0 Å². The summed E-state index contributed by atoms with van der Waals surface area (Å²) >= 11 is 0. The van der Waals surface area contributed by atoms with Gasteiger partial charge in [0.05, 0.1) is 0 Å². The van der Waals surface area contributed by atoms with Gasteiger partial charge in [0.2, 0.25) is 0 Å². The summed E-state index contributed by atoms with van der Waals surface area (Å²) in [5.41, 5.74) is 2.73. The van der Waals surface area contributed by atoms with E-state index in [0.29, 0.717) is 12.1 Å². The summed E-state index contributed by atoms with van der Waals surface area (Å²) in [7, 11) is 0. The van der Waals surface area contributed by atoms with Crippen LogP contribution in [0.15, 0.2) is 18.5 Å². The Morgan fingerprint density at radius 2 is 2.25 bits per heavy atom. The van der Waals surface area contributed by atoms with Crippen molar-refractivity contribution in [2.24, 2.45) is 5.92 Å². The van der Waals surface area contributed by atoms with E-state index in [0.717, 1.165) is 19.0 Å². The summed E-state index contributed by atoms with van der Waals surface area (Å²) in [6, 6.07) is 3.47. The zero-order valence-electron chi connectivity index (χ0n) is 13.4. The quantitative estimate of drug-likeness (QED) is 0.895. The van der Waals surface area contributed by atoms with Crippen molar-refractivity contribution in [1.29, 1.82) is 0 Å². The van der Waals surface area contributed by atoms with Crippen molar-refractivity contribution in [3.05, 3.63) is 29.6 Å². The van der Waals surface area contributed by atoms with Crippen LogP contribution in [0, 0.1) is 12.8 Å². The predicted molar refractivity (Wildman–Crippen MR) is 84.7 cm³/mol.